The molecule has 28 heavy (non-hydrogen) atoms. The number of anilines is 1. The zero-order valence-electron chi connectivity index (χ0n) is 17.1. The first-order chi connectivity index (χ1) is 13.0. The summed E-state index contributed by atoms with van der Waals surface area (Å²) in [7, 11) is 0. The van der Waals surface area contributed by atoms with E-state index >= 15 is 0 Å². The second kappa shape index (κ2) is 12.8. The first kappa shape index (κ1) is 24.5. The molecule has 1 unspecified atom stereocenters. The standard InChI is InChI=1S/C20H32FN5O.HI/c1-4-16(3)24-19(27)10-11-23-20(22-5-2)26-14-12-25(13-15-26)18-8-6-17(21)7-9-18;/h6-9,16H,4-5,10-15H2,1-3H3,(H,22,23)(H,24,27);1H. The number of hydrogen-bond donors (Lipinski definition) is 2. The van der Waals surface area contributed by atoms with E-state index in [0.29, 0.717) is 13.0 Å². The van der Waals surface area contributed by atoms with Crippen LogP contribution in [0.25, 0.3) is 0 Å². The van der Waals surface area contributed by atoms with E-state index in [1.165, 1.54) is 12.1 Å². The quantitative estimate of drug-likeness (QED) is 0.340. The van der Waals surface area contributed by atoms with Crippen molar-refractivity contribution in [1.82, 2.24) is 15.5 Å². The number of nitrogens with zero attached hydrogens (tertiary/aromatic N) is 3. The molecular formula is C20H33FIN5O. The molecule has 0 aromatic heterocycles. The van der Waals surface area contributed by atoms with Crippen LogP contribution in [0.2, 0.25) is 0 Å². The Morgan fingerprint density at radius 1 is 1.18 bits per heavy atom. The molecule has 0 aliphatic carbocycles. The van der Waals surface area contributed by atoms with Crippen molar-refractivity contribution in [2.45, 2.75) is 39.7 Å². The van der Waals surface area contributed by atoms with Gasteiger partial charge in [0.25, 0.3) is 0 Å². The summed E-state index contributed by atoms with van der Waals surface area (Å²) < 4.78 is 13.1. The van der Waals surface area contributed by atoms with Crippen molar-refractivity contribution < 1.29 is 9.18 Å². The van der Waals surface area contributed by atoms with Gasteiger partial charge in [-0.2, -0.15) is 0 Å². The number of carbonyl (C=O) groups excluding carboxylic acids is 1. The molecule has 0 spiro atoms. The second-order valence-corrected chi connectivity index (χ2v) is 6.81. The highest BCUT2D eigenvalue weighted by molar-refractivity contribution is 14.0. The highest BCUT2D eigenvalue weighted by Crippen LogP contribution is 2.17. The number of carbonyl (C=O) groups is 1. The fourth-order valence-corrected chi connectivity index (χ4v) is 2.97. The smallest absolute Gasteiger partial charge is 0.222 e. The van der Waals surface area contributed by atoms with Crippen LogP contribution in [-0.2, 0) is 4.79 Å². The van der Waals surface area contributed by atoms with Crippen LogP contribution in [0.3, 0.4) is 0 Å². The summed E-state index contributed by atoms with van der Waals surface area (Å²) in [6.07, 6.45) is 1.32. The number of benzene rings is 1. The van der Waals surface area contributed by atoms with E-state index < -0.39 is 0 Å². The zero-order chi connectivity index (χ0) is 19.6. The number of aliphatic imine (C=N–C) groups is 1. The molecular weight excluding hydrogens is 472 g/mol. The first-order valence-corrected chi connectivity index (χ1v) is 9.86. The lowest BCUT2D eigenvalue weighted by molar-refractivity contribution is -0.121. The molecule has 2 N–H and O–H groups in total. The Labute approximate surface area is 185 Å². The van der Waals surface area contributed by atoms with Crippen molar-refractivity contribution in [1.29, 1.82) is 0 Å². The number of piperazine rings is 1. The molecule has 1 aromatic rings. The van der Waals surface area contributed by atoms with Gasteiger partial charge in [0, 0.05) is 50.9 Å². The molecule has 158 valence electrons. The third-order valence-corrected chi connectivity index (χ3v) is 4.73. The van der Waals surface area contributed by atoms with Gasteiger partial charge in [-0.1, -0.05) is 6.92 Å². The maximum absolute atomic E-state index is 13.1. The number of halogens is 2. The van der Waals surface area contributed by atoms with E-state index in [1.807, 2.05) is 26.0 Å². The topological polar surface area (TPSA) is 60.0 Å². The van der Waals surface area contributed by atoms with Gasteiger partial charge in [-0.25, -0.2) is 4.39 Å². The Morgan fingerprint density at radius 3 is 2.39 bits per heavy atom. The minimum Gasteiger partial charge on any atom is -0.368 e. The number of amides is 1. The van der Waals surface area contributed by atoms with Gasteiger partial charge in [-0.05, 0) is 44.5 Å². The molecule has 1 atom stereocenters. The lowest BCUT2D eigenvalue weighted by Gasteiger charge is -2.37. The van der Waals surface area contributed by atoms with E-state index in [4.69, 9.17) is 0 Å². The van der Waals surface area contributed by atoms with Gasteiger partial charge in [-0.3, -0.25) is 9.79 Å². The molecule has 1 aliphatic heterocycles. The van der Waals surface area contributed by atoms with Gasteiger partial charge in [0.15, 0.2) is 5.96 Å². The van der Waals surface area contributed by atoms with Gasteiger partial charge in [0.1, 0.15) is 5.82 Å². The van der Waals surface area contributed by atoms with Crippen molar-refractivity contribution in [2.24, 2.45) is 4.99 Å². The largest absolute Gasteiger partial charge is 0.368 e. The predicted octanol–water partition coefficient (Wildman–Crippen LogP) is 2.84. The second-order valence-electron chi connectivity index (χ2n) is 6.81. The molecule has 1 heterocycles. The minimum absolute atomic E-state index is 0. The number of guanidine groups is 1. The Bertz CT molecular complexity index is 618. The summed E-state index contributed by atoms with van der Waals surface area (Å²) in [5.74, 6) is 0.689. The van der Waals surface area contributed by atoms with Crippen LogP contribution in [0.4, 0.5) is 10.1 Å². The van der Waals surface area contributed by atoms with E-state index in [1.54, 1.807) is 0 Å². The number of nitrogens with one attached hydrogen (secondary N) is 2. The van der Waals surface area contributed by atoms with Crippen LogP contribution in [0.5, 0.6) is 0 Å². The Balaban J connectivity index is 0.00000392. The monoisotopic (exact) mass is 505 g/mol. The maximum Gasteiger partial charge on any atom is 0.222 e. The van der Waals surface area contributed by atoms with Crippen LogP contribution < -0.4 is 15.5 Å². The van der Waals surface area contributed by atoms with Gasteiger partial charge in [0.2, 0.25) is 5.91 Å². The molecule has 6 nitrogen and oxygen atoms in total. The highest BCUT2D eigenvalue weighted by atomic mass is 127. The van der Waals surface area contributed by atoms with Crippen molar-refractivity contribution in [3.05, 3.63) is 30.1 Å². The average Bonchev–Trinajstić information content (AvgIpc) is 2.68. The van der Waals surface area contributed by atoms with Crippen LogP contribution >= 0.6 is 24.0 Å². The maximum atomic E-state index is 13.1. The van der Waals surface area contributed by atoms with Gasteiger partial charge < -0.3 is 20.4 Å². The van der Waals surface area contributed by atoms with E-state index in [-0.39, 0.29) is 41.7 Å². The summed E-state index contributed by atoms with van der Waals surface area (Å²) in [6, 6.07) is 6.84. The van der Waals surface area contributed by atoms with Gasteiger partial charge >= 0.3 is 0 Å². The number of hydrogen-bond acceptors (Lipinski definition) is 3. The van der Waals surface area contributed by atoms with Crippen molar-refractivity contribution in [2.75, 3.05) is 44.2 Å². The van der Waals surface area contributed by atoms with Crippen molar-refractivity contribution >= 4 is 41.5 Å². The summed E-state index contributed by atoms with van der Waals surface area (Å²) in [6.45, 7) is 10.7. The third kappa shape index (κ3) is 7.81. The van der Waals surface area contributed by atoms with Crippen LogP contribution in [0.15, 0.2) is 29.3 Å². The summed E-state index contributed by atoms with van der Waals surface area (Å²) >= 11 is 0. The SMILES string of the molecule is CCNC(=NCCC(=O)NC(C)CC)N1CCN(c2ccc(F)cc2)CC1.I. The Kier molecular flexibility index (Phi) is 11.2. The zero-order valence-corrected chi connectivity index (χ0v) is 19.4. The van der Waals surface area contributed by atoms with Crippen molar-refractivity contribution in [3.63, 3.8) is 0 Å². The van der Waals surface area contributed by atoms with Gasteiger partial charge in [-0.15, -0.1) is 24.0 Å². The summed E-state index contributed by atoms with van der Waals surface area (Å²) in [4.78, 5) is 21.0. The highest BCUT2D eigenvalue weighted by Gasteiger charge is 2.20. The Hall–Kier alpha value is -1.58. The molecule has 1 aromatic carbocycles. The molecule has 0 radical (unpaired) electrons. The third-order valence-electron chi connectivity index (χ3n) is 4.73. The van der Waals surface area contributed by atoms with Crippen molar-refractivity contribution in [3.8, 4) is 0 Å². The average molecular weight is 505 g/mol. The first-order valence-electron chi connectivity index (χ1n) is 9.86. The van der Waals surface area contributed by atoms with Gasteiger partial charge in [0.05, 0.1) is 6.54 Å². The molecule has 0 saturated carbocycles. The molecule has 2 rings (SSSR count). The Morgan fingerprint density at radius 2 is 1.82 bits per heavy atom. The van der Waals surface area contributed by atoms with Crippen LogP contribution in [0.1, 0.15) is 33.6 Å². The number of rotatable bonds is 7. The summed E-state index contributed by atoms with van der Waals surface area (Å²) in [5.41, 5.74) is 1.04. The van der Waals surface area contributed by atoms with Crippen LogP contribution in [0, 0.1) is 5.82 Å². The molecule has 1 fully saturated rings. The molecule has 1 saturated heterocycles. The van der Waals surface area contributed by atoms with E-state index in [0.717, 1.165) is 50.8 Å². The lowest BCUT2D eigenvalue weighted by Crippen LogP contribution is -2.52. The predicted molar refractivity (Wildman–Crippen MR) is 124 cm³/mol. The lowest BCUT2D eigenvalue weighted by atomic mass is 10.2. The molecule has 8 heteroatoms. The minimum atomic E-state index is -0.212. The van der Waals surface area contributed by atoms with E-state index in [2.05, 4.69) is 32.3 Å². The molecule has 1 aliphatic rings. The molecule has 0 bridgehead atoms. The normalized spacial score (nSPS) is 15.6. The fraction of sp³-hybridized carbons (Fsp3) is 0.600. The fourth-order valence-electron chi connectivity index (χ4n) is 2.97. The van der Waals surface area contributed by atoms with E-state index in [9.17, 15) is 9.18 Å². The molecule has 1 amide bonds. The summed E-state index contributed by atoms with van der Waals surface area (Å²) in [5, 5.41) is 6.28. The van der Waals surface area contributed by atoms with Crippen LogP contribution in [-0.4, -0.2) is 62.1 Å².